The molecule has 0 radical (unpaired) electrons. The number of nitrogens with zero attached hydrogens (tertiary/aromatic N) is 7. The first kappa shape index (κ1) is 21.8. The van der Waals surface area contributed by atoms with Crippen molar-refractivity contribution in [3.63, 3.8) is 0 Å². The molecule has 3 N–H and O–H groups in total. The summed E-state index contributed by atoms with van der Waals surface area (Å²) in [5.41, 5.74) is 8.03. The van der Waals surface area contributed by atoms with Crippen molar-refractivity contribution >= 4 is 22.5 Å². The summed E-state index contributed by atoms with van der Waals surface area (Å²) in [6.45, 7) is 1.88. The van der Waals surface area contributed by atoms with Crippen molar-refractivity contribution in [1.82, 2.24) is 34.3 Å². The quantitative estimate of drug-likeness (QED) is 0.381. The molecule has 1 atom stereocenters. The SMILES string of the molecule is C#Cc1cccc2nc(C(C)Nc3ncnc(N)c3-c3ncn(C)n3)n(-c3ccccc3)c(=O)c12. The highest BCUT2D eigenvalue weighted by atomic mass is 16.1. The summed E-state index contributed by atoms with van der Waals surface area (Å²) in [5.74, 6) is 4.10. The Labute approximate surface area is 200 Å². The van der Waals surface area contributed by atoms with Gasteiger partial charge in [0.25, 0.3) is 5.56 Å². The van der Waals surface area contributed by atoms with Crippen LogP contribution in [-0.4, -0.2) is 34.3 Å². The Hall–Kier alpha value is -5.04. The van der Waals surface area contributed by atoms with Crippen molar-refractivity contribution in [2.75, 3.05) is 11.1 Å². The highest BCUT2D eigenvalue weighted by molar-refractivity contribution is 5.85. The number of hydrogen-bond acceptors (Lipinski definition) is 8. The van der Waals surface area contributed by atoms with Crippen LogP contribution >= 0.6 is 0 Å². The van der Waals surface area contributed by atoms with Gasteiger partial charge in [-0.2, -0.15) is 5.10 Å². The van der Waals surface area contributed by atoms with Gasteiger partial charge >= 0.3 is 0 Å². The van der Waals surface area contributed by atoms with Gasteiger partial charge in [0, 0.05) is 12.6 Å². The average molecular weight is 464 g/mol. The van der Waals surface area contributed by atoms with Crippen molar-refractivity contribution in [2.45, 2.75) is 13.0 Å². The maximum atomic E-state index is 13.8. The van der Waals surface area contributed by atoms with Crippen LogP contribution in [0.15, 0.2) is 66.0 Å². The van der Waals surface area contributed by atoms with Gasteiger partial charge in [-0.25, -0.2) is 19.9 Å². The minimum absolute atomic E-state index is 0.228. The zero-order valence-corrected chi connectivity index (χ0v) is 19.0. The fourth-order valence-electron chi connectivity index (χ4n) is 3.94. The third kappa shape index (κ3) is 3.85. The van der Waals surface area contributed by atoms with Crippen LogP contribution in [0.3, 0.4) is 0 Å². The Balaban J connectivity index is 1.69. The summed E-state index contributed by atoms with van der Waals surface area (Å²) in [6.07, 6.45) is 8.60. The Morgan fingerprint density at radius 2 is 1.89 bits per heavy atom. The van der Waals surface area contributed by atoms with Crippen molar-refractivity contribution in [3.8, 4) is 29.4 Å². The average Bonchev–Trinajstić information content (AvgIpc) is 3.29. The minimum Gasteiger partial charge on any atom is -0.383 e. The molecule has 0 aliphatic heterocycles. The summed E-state index contributed by atoms with van der Waals surface area (Å²) in [7, 11) is 1.76. The molecule has 0 aliphatic rings. The molecule has 5 aromatic rings. The van der Waals surface area contributed by atoms with Crippen LogP contribution in [0.25, 0.3) is 28.0 Å². The van der Waals surface area contributed by atoms with Gasteiger partial charge in [0.05, 0.1) is 22.6 Å². The van der Waals surface area contributed by atoms with Gasteiger partial charge in [-0.3, -0.25) is 14.0 Å². The molecule has 0 amide bonds. The summed E-state index contributed by atoms with van der Waals surface area (Å²) in [4.78, 5) is 31.4. The Morgan fingerprint density at radius 1 is 1.09 bits per heavy atom. The van der Waals surface area contributed by atoms with Crippen LogP contribution in [0.2, 0.25) is 0 Å². The molecule has 5 rings (SSSR count). The smallest absolute Gasteiger partial charge is 0.267 e. The van der Waals surface area contributed by atoms with Crippen LogP contribution in [0.1, 0.15) is 24.4 Å². The number of nitrogens with two attached hydrogens (primary N) is 1. The number of anilines is 2. The second kappa shape index (κ2) is 8.72. The monoisotopic (exact) mass is 463 g/mol. The van der Waals surface area contributed by atoms with Crippen molar-refractivity contribution < 1.29 is 0 Å². The van der Waals surface area contributed by atoms with Crippen LogP contribution < -0.4 is 16.6 Å². The lowest BCUT2D eigenvalue weighted by atomic mass is 10.1. The number of rotatable bonds is 5. The molecular formula is C25H21N9O. The molecule has 0 bridgehead atoms. The van der Waals surface area contributed by atoms with E-state index >= 15 is 0 Å². The van der Waals surface area contributed by atoms with Gasteiger partial charge in [-0.05, 0) is 31.2 Å². The predicted molar refractivity (Wildman–Crippen MR) is 134 cm³/mol. The first-order valence-electron chi connectivity index (χ1n) is 10.8. The van der Waals surface area contributed by atoms with Gasteiger partial charge in [0.1, 0.15) is 35.7 Å². The Bertz CT molecular complexity index is 1650. The number of aryl methyl sites for hydroxylation is 1. The van der Waals surface area contributed by atoms with Crippen LogP contribution in [-0.2, 0) is 7.05 Å². The third-order valence-corrected chi connectivity index (χ3v) is 5.53. The van der Waals surface area contributed by atoms with Gasteiger partial charge in [0.2, 0.25) is 0 Å². The van der Waals surface area contributed by atoms with E-state index in [4.69, 9.17) is 17.1 Å². The van der Waals surface area contributed by atoms with E-state index in [1.807, 2.05) is 37.3 Å². The van der Waals surface area contributed by atoms with Crippen LogP contribution in [0.5, 0.6) is 0 Å². The number of hydrogen-bond donors (Lipinski definition) is 2. The lowest BCUT2D eigenvalue weighted by Gasteiger charge is -2.21. The van der Waals surface area contributed by atoms with Gasteiger partial charge in [-0.1, -0.05) is 30.2 Å². The number of aromatic nitrogens is 7. The molecular weight excluding hydrogens is 442 g/mol. The van der Waals surface area contributed by atoms with E-state index in [1.54, 1.807) is 40.8 Å². The highest BCUT2D eigenvalue weighted by Crippen LogP contribution is 2.30. The molecule has 1 unspecified atom stereocenters. The second-order valence-electron chi connectivity index (χ2n) is 7.88. The lowest BCUT2D eigenvalue weighted by molar-refractivity contribution is 0.730. The maximum Gasteiger partial charge on any atom is 0.267 e. The highest BCUT2D eigenvalue weighted by Gasteiger charge is 2.22. The zero-order chi connectivity index (χ0) is 24.5. The molecule has 0 aliphatic carbocycles. The topological polar surface area (TPSA) is 129 Å². The molecule has 2 aromatic carbocycles. The summed E-state index contributed by atoms with van der Waals surface area (Å²) < 4.78 is 3.13. The normalized spacial score (nSPS) is 11.8. The molecule has 35 heavy (non-hydrogen) atoms. The Kier molecular flexibility index (Phi) is 5.43. The van der Waals surface area contributed by atoms with Crippen LogP contribution in [0.4, 0.5) is 11.6 Å². The Morgan fingerprint density at radius 3 is 2.60 bits per heavy atom. The third-order valence-electron chi connectivity index (χ3n) is 5.53. The molecule has 10 nitrogen and oxygen atoms in total. The van der Waals surface area contributed by atoms with Gasteiger partial charge in [-0.15, -0.1) is 6.42 Å². The zero-order valence-electron chi connectivity index (χ0n) is 19.0. The number of fused-ring (bicyclic) bond motifs is 1. The number of para-hydroxylation sites is 1. The molecule has 10 heteroatoms. The van der Waals surface area contributed by atoms with E-state index in [1.165, 1.54) is 6.33 Å². The fourth-order valence-corrected chi connectivity index (χ4v) is 3.94. The number of terminal acetylenes is 1. The van der Waals surface area contributed by atoms with Gasteiger partial charge < -0.3 is 11.1 Å². The largest absolute Gasteiger partial charge is 0.383 e. The molecule has 0 saturated heterocycles. The standard InChI is InChI=1S/C25H21N9O/c1-4-16-9-8-12-18-19(16)25(35)34(17-10-6-5-7-11-17)24(31-18)15(2)30-22-20(21(26)27-13-28-22)23-29-14-33(3)32-23/h1,5-15H,2-3H3,(H3,26,27,28,30). The molecule has 0 fully saturated rings. The van der Waals surface area contributed by atoms with E-state index < -0.39 is 6.04 Å². The summed E-state index contributed by atoms with van der Waals surface area (Å²) in [5, 5.41) is 8.05. The van der Waals surface area contributed by atoms with Gasteiger partial charge in [0.15, 0.2) is 5.82 Å². The van der Waals surface area contributed by atoms with E-state index in [9.17, 15) is 4.79 Å². The summed E-state index contributed by atoms with van der Waals surface area (Å²) >= 11 is 0. The second-order valence-corrected chi connectivity index (χ2v) is 7.88. The first-order valence-corrected chi connectivity index (χ1v) is 10.8. The van der Waals surface area contributed by atoms with E-state index in [-0.39, 0.29) is 11.4 Å². The van der Waals surface area contributed by atoms with Crippen molar-refractivity contribution in [2.24, 2.45) is 7.05 Å². The molecule has 172 valence electrons. The van der Waals surface area contributed by atoms with E-state index in [2.05, 4.69) is 31.3 Å². The number of nitrogens with one attached hydrogen (secondary N) is 1. The number of benzene rings is 2. The molecule has 3 aromatic heterocycles. The van der Waals surface area contributed by atoms with Crippen molar-refractivity contribution in [3.05, 3.63) is 82.9 Å². The molecule has 0 saturated carbocycles. The minimum atomic E-state index is -0.474. The summed E-state index contributed by atoms with van der Waals surface area (Å²) in [6, 6.07) is 14.1. The molecule has 3 heterocycles. The first-order chi connectivity index (χ1) is 17.0. The van der Waals surface area contributed by atoms with E-state index in [0.717, 1.165) is 0 Å². The number of nitrogen functional groups attached to an aromatic ring is 1. The predicted octanol–water partition coefficient (Wildman–Crippen LogP) is 2.71. The van der Waals surface area contributed by atoms with Crippen molar-refractivity contribution in [1.29, 1.82) is 0 Å². The maximum absolute atomic E-state index is 13.8. The van der Waals surface area contributed by atoms with Crippen LogP contribution in [0, 0.1) is 12.3 Å². The van der Waals surface area contributed by atoms with E-state index in [0.29, 0.717) is 45.2 Å². The fraction of sp³-hybridized carbons (Fsp3) is 0.120. The lowest BCUT2D eigenvalue weighted by Crippen LogP contribution is -2.28. The molecule has 0 spiro atoms.